The van der Waals surface area contributed by atoms with E-state index < -0.39 is 0 Å². The standard InChI is InChI=1S/C22H30N4O2/c1-24-20-10-9-18(26(13-14-27)16-17-7-3-2-4-8-17)15-19(20)21(23-24)22(28)25-11-5-6-12-25/h2-4,7-8,18,27H,5-6,9-16H2,1H3. The molecular weight excluding hydrogens is 352 g/mol. The zero-order chi connectivity index (χ0) is 19.5. The normalized spacial score (nSPS) is 19.2. The second-order valence-electron chi connectivity index (χ2n) is 7.97. The van der Waals surface area contributed by atoms with E-state index in [2.05, 4.69) is 34.3 Å². The molecule has 1 unspecified atom stereocenters. The largest absolute Gasteiger partial charge is 0.395 e. The van der Waals surface area contributed by atoms with E-state index in [0.29, 0.717) is 18.3 Å². The van der Waals surface area contributed by atoms with Crippen LogP contribution in [-0.2, 0) is 26.4 Å². The van der Waals surface area contributed by atoms with Gasteiger partial charge in [-0.3, -0.25) is 14.4 Å². The molecule has 4 rings (SSSR count). The molecule has 0 saturated carbocycles. The number of aliphatic hydroxyl groups excluding tert-OH is 1. The molecule has 1 fully saturated rings. The average molecular weight is 383 g/mol. The quantitative estimate of drug-likeness (QED) is 0.830. The van der Waals surface area contributed by atoms with Gasteiger partial charge in [-0.2, -0.15) is 5.10 Å². The number of carbonyl (C=O) groups excluding carboxylic acids is 1. The van der Waals surface area contributed by atoms with Gasteiger partial charge in [0.05, 0.1) is 6.61 Å². The summed E-state index contributed by atoms with van der Waals surface area (Å²) in [7, 11) is 1.95. The SMILES string of the molecule is Cn1nc(C(=O)N2CCCC2)c2c1CCC(N(CCO)Cc1ccccc1)C2. The average Bonchev–Trinajstić information content (AvgIpc) is 3.36. The third-order valence-electron chi connectivity index (χ3n) is 6.16. The molecule has 1 saturated heterocycles. The Morgan fingerprint density at radius 3 is 2.71 bits per heavy atom. The van der Waals surface area contributed by atoms with Crippen molar-refractivity contribution in [1.29, 1.82) is 0 Å². The maximum absolute atomic E-state index is 13.0. The van der Waals surface area contributed by atoms with E-state index in [0.717, 1.165) is 57.3 Å². The van der Waals surface area contributed by atoms with Crippen LogP contribution >= 0.6 is 0 Å². The van der Waals surface area contributed by atoms with Crippen molar-refractivity contribution in [2.75, 3.05) is 26.2 Å². The van der Waals surface area contributed by atoms with Crippen LogP contribution in [0.25, 0.3) is 0 Å². The van der Waals surface area contributed by atoms with Crippen LogP contribution in [-0.4, -0.2) is 62.9 Å². The van der Waals surface area contributed by atoms with Crippen LogP contribution in [0, 0.1) is 0 Å². The lowest BCUT2D eigenvalue weighted by Gasteiger charge is -2.34. The molecule has 1 N–H and O–H groups in total. The second-order valence-corrected chi connectivity index (χ2v) is 7.97. The monoisotopic (exact) mass is 382 g/mol. The molecule has 2 aliphatic rings. The van der Waals surface area contributed by atoms with E-state index in [1.807, 2.05) is 22.7 Å². The molecule has 1 aromatic carbocycles. The molecule has 0 radical (unpaired) electrons. The van der Waals surface area contributed by atoms with Gasteiger partial charge in [-0.15, -0.1) is 0 Å². The zero-order valence-electron chi connectivity index (χ0n) is 16.7. The fourth-order valence-corrected chi connectivity index (χ4v) is 4.66. The summed E-state index contributed by atoms with van der Waals surface area (Å²) in [6, 6.07) is 10.7. The van der Waals surface area contributed by atoms with Crippen LogP contribution in [0.4, 0.5) is 0 Å². The molecule has 0 bridgehead atoms. The van der Waals surface area contributed by atoms with Crippen molar-refractivity contribution in [3.8, 4) is 0 Å². The highest BCUT2D eigenvalue weighted by Crippen LogP contribution is 2.29. The Morgan fingerprint density at radius 2 is 2.00 bits per heavy atom. The Bertz CT molecular complexity index is 811. The van der Waals surface area contributed by atoms with Crippen LogP contribution in [0.2, 0.25) is 0 Å². The summed E-state index contributed by atoms with van der Waals surface area (Å²) in [4.78, 5) is 17.3. The molecule has 0 spiro atoms. The molecule has 1 aliphatic heterocycles. The van der Waals surface area contributed by atoms with Crippen molar-refractivity contribution in [3.05, 3.63) is 52.8 Å². The lowest BCUT2D eigenvalue weighted by molar-refractivity contribution is 0.0783. The number of likely N-dealkylation sites (tertiary alicyclic amines) is 1. The predicted molar refractivity (Wildman–Crippen MR) is 108 cm³/mol. The molecule has 2 aromatic rings. The number of benzene rings is 1. The van der Waals surface area contributed by atoms with E-state index in [-0.39, 0.29) is 12.5 Å². The topological polar surface area (TPSA) is 61.6 Å². The number of amides is 1. The van der Waals surface area contributed by atoms with Crippen molar-refractivity contribution in [1.82, 2.24) is 19.6 Å². The maximum Gasteiger partial charge on any atom is 0.274 e. The number of carbonyl (C=O) groups is 1. The number of aliphatic hydroxyl groups is 1. The van der Waals surface area contributed by atoms with Gasteiger partial charge >= 0.3 is 0 Å². The molecular formula is C22H30N4O2. The number of aryl methyl sites for hydroxylation is 1. The Hall–Kier alpha value is -2.18. The van der Waals surface area contributed by atoms with E-state index in [4.69, 9.17) is 0 Å². The number of rotatable bonds is 6. The van der Waals surface area contributed by atoms with Gasteiger partial charge in [0.15, 0.2) is 5.69 Å². The first-order valence-corrected chi connectivity index (χ1v) is 10.4. The molecule has 2 heterocycles. The van der Waals surface area contributed by atoms with Crippen LogP contribution in [0.3, 0.4) is 0 Å². The summed E-state index contributed by atoms with van der Waals surface area (Å²) in [5.74, 6) is 0.0896. The van der Waals surface area contributed by atoms with Gasteiger partial charge < -0.3 is 10.0 Å². The van der Waals surface area contributed by atoms with Gasteiger partial charge in [0.1, 0.15) is 0 Å². The molecule has 6 heteroatoms. The first-order valence-electron chi connectivity index (χ1n) is 10.4. The molecule has 1 aromatic heterocycles. The van der Waals surface area contributed by atoms with Gasteiger partial charge in [0, 0.05) is 50.5 Å². The Labute approximate surface area is 166 Å². The van der Waals surface area contributed by atoms with Crippen LogP contribution in [0.15, 0.2) is 30.3 Å². The van der Waals surface area contributed by atoms with Gasteiger partial charge in [0.2, 0.25) is 0 Å². The van der Waals surface area contributed by atoms with Crippen molar-refractivity contribution >= 4 is 5.91 Å². The predicted octanol–water partition coefficient (Wildman–Crippen LogP) is 2.01. The highest BCUT2D eigenvalue weighted by atomic mass is 16.3. The molecule has 6 nitrogen and oxygen atoms in total. The maximum atomic E-state index is 13.0. The summed E-state index contributed by atoms with van der Waals surface area (Å²) >= 11 is 0. The second kappa shape index (κ2) is 8.45. The lowest BCUT2D eigenvalue weighted by Crippen LogP contribution is -2.41. The summed E-state index contributed by atoms with van der Waals surface area (Å²) in [5.41, 5.74) is 4.21. The first-order chi connectivity index (χ1) is 13.7. The lowest BCUT2D eigenvalue weighted by atomic mass is 9.89. The smallest absolute Gasteiger partial charge is 0.274 e. The van der Waals surface area contributed by atoms with Crippen LogP contribution < -0.4 is 0 Å². The fourth-order valence-electron chi connectivity index (χ4n) is 4.66. The molecule has 1 atom stereocenters. The van der Waals surface area contributed by atoms with Gasteiger partial charge in [-0.1, -0.05) is 30.3 Å². The number of hydrogen-bond donors (Lipinski definition) is 1. The van der Waals surface area contributed by atoms with Crippen molar-refractivity contribution in [2.45, 2.75) is 44.7 Å². The summed E-state index contributed by atoms with van der Waals surface area (Å²) in [6.45, 7) is 3.29. The highest BCUT2D eigenvalue weighted by molar-refractivity contribution is 5.94. The van der Waals surface area contributed by atoms with Gasteiger partial charge in [-0.05, 0) is 37.7 Å². The van der Waals surface area contributed by atoms with Crippen molar-refractivity contribution < 1.29 is 9.90 Å². The number of aromatic nitrogens is 2. The van der Waals surface area contributed by atoms with E-state index >= 15 is 0 Å². The number of hydrogen-bond acceptors (Lipinski definition) is 4. The summed E-state index contributed by atoms with van der Waals surface area (Å²) in [6.07, 6.45) is 4.95. The van der Waals surface area contributed by atoms with Gasteiger partial charge in [0.25, 0.3) is 5.91 Å². The van der Waals surface area contributed by atoms with Crippen LogP contribution in [0.5, 0.6) is 0 Å². The summed E-state index contributed by atoms with van der Waals surface area (Å²) < 4.78 is 1.91. The molecule has 1 aliphatic carbocycles. The van der Waals surface area contributed by atoms with Crippen LogP contribution in [0.1, 0.15) is 46.6 Å². The van der Waals surface area contributed by atoms with Crippen molar-refractivity contribution in [2.24, 2.45) is 7.05 Å². The zero-order valence-corrected chi connectivity index (χ0v) is 16.7. The van der Waals surface area contributed by atoms with Gasteiger partial charge in [-0.25, -0.2) is 0 Å². The van der Waals surface area contributed by atoms with E-state index in [1.54, 1.807) is 0 Å². The van der Waals surface area contributed by atoms with E-state index in [1.165, 1.54) is 11.3 Å². The minimum Gasteiger partial charge on any atom is -0.395 e. The molecule has 28 heavy (non-hydrogen) atoms. The highest BCUT2D eigenvalue weighted by Gasteiger charge is 2.33. The Kier molecular flexibility index (Phi) is 5.78. The number of fused-ring (bicyclic) bond motifs is 1. The molecule has 1 amide bonds. The van der Waals surface area contributed by atoms with E-state index in [9.17, 15) is 9.90 Å². The Morgan fingerprint density at radius 1 is 1.25 bits per heavy atom. The van der Waals surface area contributed by atoms with Crippen molar-refractivity contribution in [3.63, 3.8) is 0 Å². The number of nitrogens with zero attached hydrogens (tertiary/aromatic N) is 4. The third kappa shape index (κ3) is 3.84. The summed E-state index contributed by atoms with van der Waals surface area (Å²) in [5, 5.41) is 14.2. The molecule has 150 valence electrons. The fraction of sp³-hybridized carbons (Fsp3) is 0.545. The minimum absolute atomic E-state index is 0.0896. The first kappa shape index (κ1) is 19.2. The Balaban J connectivity index is 1.56. The minimum atomic E-state index is 0.0896. The third-order valence-corrected chi connectivity index (χ3v) is 6.16.